The number of ether oxygens (including phenoxy) is 1. The summed E-state index contributed by atoms with van der Waals surface area (Å²) in [5.74, 6) is -0.255. The molecule has 1 aliphatic heterocycles. The molecule has 0 saturated carbocycles. The topological polar surface area (TPSA) is 53.0 Å². The van der Waals surface area contributed by atoms with Gasteiger partial charge in [-0.1, -0.05) is 0 Å². The largest absolute Gasteiger partial charge is 0.469 e. The van der Waals surface area contributed by atoms with E-state index in [4.69, 9.17) is 0 Å². The Hall–Kier alpha value is -0.650. The molecule has 0 aromatic carbocycles. The summed E-state index contributed by atoms with van der Waals surface area (Å²) in [6, 6.07) is 0.511. The van der Waals surface area contributed by atoms with E-state index in [1.54, 1.807) is 0 Å². The van der Waals surface area contributed by atoms with Crippen molar-refractivity contribution in [1.82, 2.24) is 9.80 Å². The van der Waals surface area contributed by atoms with E-state index in [9.17, 15) is 9.90 Å². The molecule has 0 aliphatic carbocycles. The fraction of sp³-hybridized carbons (Fsp3) is 0.923. The van der Waals surface area contributed by atoms with Gasteiger partial charge in [0.2, 0.25) is 0 Å². The van der Waals surface area contributed by atoms with Crippen molar-refractivity contribution >= 4 is 5.97 Å². The Balaban J connectivity index is 2.25. The molecule has 0 spiro atoms. The van der Waals surface area contributed by atoms with Gasteiger partial charge in [0, 0.05) is 25.6 Å². The molecule has 0 aromatic heterocycles. The van der Waals surface area contributed by atoms with E-state index in [1.165, 1.54) is 20.0 Å². The van der Waals surface area contributed by atoms with Crippen molar-refractivity contribution in [3.8, 4) is 0 Å². The van der Waals surface area contributed by atoms with Crippen molar-refractivity contribution in [2.45, 2.75) is 37.8 Å². The van der Waals surface area contributed by atoms with Crippen LogP contribution in [0.1, 0.15) is 25.7 Å². The van der Waals surface area contributed by atoms with E-state index in [0.29, 0.717) is 19.0 Å². The van der Waals surface area contributed by atoms with Gasteiger partial charge in [0.25, 0.3) is 0 Å². The molecule has 0 aromatic rings. The lowest BCUT2D eigenvalue weighted by molar-refractivity contribution is -0.141. The lowest BCUT2D eigenvalue weighted by atomic mass is 10.0. The first-order valence-corrected chi connectivity index (χ1v) is 6.66. The molecule has 18 heavy (non-hydrogen) atoms. The molecule has 1 saturated heterocycles. The molecule has 106 valence electrons. The summed E-state index contributed by atoms with van der Waals surface area (Å²) in [6.07, 6.45) is 2.70. The molecule has 1 aliphatic rings. The van der Waals surface area contributed by atoms with Crippen LogP contribution in [-0.4, -0.2) is 73.9 Å². The molecule has 0 radical (unpaired) electrons. The van der Waals surface area contributed by atoms with Crippen molar-refractivity contribution in [2.75, 3.05) is 40.8 Å². The number of carbonyl (C=O) groups is 1. The van der Waals surface area contributed by atoms with Crippen LogP contribution < -0.4 is 0 Å². The van der Waals surface area contributed by atoms with E-state index in [2.05, 4.69) is 21.6 Å². The number of nitrogens with zero attached hydrogens (tertiary/aromatic N) is 2. The van der Waals surface area contributed by atoms with Crippen molar-refractivity contribution in [2.24, 2.45) is 0 Å². The molecule has 5 nitrogen and oxygen atoms in total. The zero-order chi connectivity index (χ0) is 13.5. The summed E-state index contributed by atoms with van der Waals surface area (Å²) >= 11 is 0. The number of likely N-dealkylation sites (N-methyl/N-ethyl adjacent to an activating group) is 2. The Labute approximate surface area is 110 Å². The Morgan fingerprint density at radius 1 is 1.61 bits per heavy atom. The number of likely N-dealkylation sites (tertiary alicyclic amines) is 1. The van der Waals surface area contributed by atoms with Gasteiger partial charge in [0.15, 0.2) is 0 Å². The molecular formula is C13H26N2O3. The van der Waals surface area contributed by atoms with Crippen LogP contribution >= 0.6 is 0 Å². The third kappa shape index (κ3) is 5.33. The lowest BCUT2D eigenvalue weighted by Gasteiger charge is -2.36. The van der Waals surface area contributed by atoms with Crippen LogP contribution in [0.15, 0.2) is 0 Å². The van der Waals surface area contributed by atoms with E-state index in [1.807, 2.05) is 7.05 Å². The summed E-state index contributed by atoms with van der Waals surface area (Å²) < 4.78 is 4.57. The molecule has 2 atom stereocenters. The first-order valence-electron chi connectivity index (χ1n) is 6.66. The number of esters is 1. The van der Waals surface area contributed by atoms with Crippen molar-refractivity contribution in [3.63, 3.8) is 0 Å². The SMILES string of the molecule is COC(=O)CCC(O)CN(C)C1CCCN(C)C1. The summed E-state index contributed by atoms with van der Waals surface area (Å²) in [5.41, 5.74) is 0. The molecule has 0 bridgehead atoms. The van der Waals surface area contributed by atoms with Gasteiger partial charge in [-0.3, -0.25) is 9.69 Å². The third-order valence-corrected chi connectivity index (χ3v) is 3.63. The van der Waals surface area contributed by atoms with Crippen LogP contribution in [0.25, 0.3) is 0 Å². The first kappa shape index (κ1) is 15.4. The van der Waals surface area contributed by atoms with Crippen LogP contribution in [0.4, 0.5) is 0 Å². The third-order valence-electron chi connectivity index (χ3n) is 3.63. The number of carbonyl (C=O) groups excluding carboxylic acids is 1. The molecule has 2 unspecified atom stereocenters. The van der Waals surface area contributed by atoms with Gasteiger partial charge >= 0.3 is 5.97 Å². The van der Waals surface area contributed by atoms with Crippen LogP contribution in [0.3, 0.4) is 0 Å². The summed E-state index contributed by atoms with van der Waals surface area (Å²) in [5, 5.41) is 9.90. The maximum Gasteiger partial charge on any atom is 0.305 e. The number of rotatable bonds is 6. The van der Waals surface area contributed by atoms with E-state index < -0.39 is 6.10 Å². The van der Waals surface area contributed by atoms with Gasteiger partial charge < -0.3 is 14.7 Å². The highest BCUT2D eigenvalue weighted by Gasteiger charge is 2.22. The highest BCUT2D eigenvalue weighted by atomic mass is 16.5. The predicted molar refractivity (Wildman–Crippen MR) is 70.4 cm³/mol. The Morgan fingerprint density at radius 3 is 2.94 bits per heavy atom. The quantitative estimate of drug-likeness (QED) is 0.696. The fourth-order valence-electron chi connectivity index (χ4n) is 2.46. The Bertz CT molecular complexity index is 261. The highest BCUT2D eigenvalue weighted by Crippen LogP contribution is 2.14. The van der Waals surface area contributed by atoms with Crippen LogP contribution in [0, 0.1) is 0 Å². The average molecular weight is 258 g/mol. The maximum atomic E-state index is 11.0. The van der Waals surface area contributed by atoms with Gasteiger partial charge in [-0.25, -0.2) is 0 Å². The van der Waals surface area contributed by atoms with E-state index >= 15 is 0 Å². The fourth-order valence-corrected chi connectivity index (χ4v) is 2.46. The normalized spacial score (nSPS) is 23.1. The second-order valence-electron chi connectivity index (χ2n) is 5.27. The minimum atomic E-state index is -0.457. The van der Waals surface area contributed by atoms with Crippen molar-refractivity contribution < 1.29 is 14.6 Å². The number of methoxy groups -OCH3 is 1. The van der Waals surface area contributed by atoms with Gasteiger partial charge in [-0.05, 0) is 39.9 Å². The molecule has 0 amide bonds. The van der Waals surface area contributed by atoms with Gasteiger partial charge in [-0.2, -0.15) is 0 Å². The minimum absolute atomic E-state index is 0.255. The van der Waals surface area contributed by atoms with Gasteiger partial charge in [0.1, 0.15) is 0 Å². The van der Waals surface area contributed by atoms with Crippen LogP contribution in [0.5, 0.6) is 0 Å². The molecule has 1 heterocycles. The van der Waals surface area contributed by atoms with Crippen LogP contribution in [0.2, 0.25) is 0 Å². The summed E-state index contributed by atoms with van der Waals surface area (Å²) in [4.78, 5) is 15.5. The number of hydrogen-bond donors (Lipinski definition) is 1. The van der Waals surface area contributed by atoms with Crippen molar-refractivity contribution in [1.29, 1.82) is 0 Å². The molecule has 1 fully saturated rings. The molecular weight excluding hydrogens is 232 g/mol. The molecule has 1 rings (SSSR count). The van der Waals surface area contributed by atoms with Gasteiger partial charge in [0.05, 0.1) is 13.2 Å². The number of aliphatic hydroxyl groups is 1. The smallest absolute Gasteiger partial charge is 0.305 e. The van der Waals surface area contributed by atoms with Crippen molar-refractivity contribution in [3.05, 3.63) is 0 Å². The maximum absolute atomic E-state index is 11.0. The Morgan fingerprint density at radius 2 is 2.33 bits per heavy atom. The minimum Gasteiger partial charge on any atom is -0.469 e. The summed E-state index contributed by atoms with van der Waals surface area (Å²) in [7, 11) is 5.55. The van der Waals surface area contributed by atoms with Gasteiger partial charge in [-0.15, -0.1) is 0 Å². The second kappa shape index (κ2) is 7.71. The number of hydrogen-bond acceptors (Lipinski definition) is 5. The summed E-state index contributed by atoms with van der Waals surface area (Å²) in [6.45, 7) is 2.84. The number of aliphatic hydroxyl groups excluding tert-OH is 1. The zero-order valence-corrected chi connectivity index (χ0v) is 11.8. The standard InChI is InChI=1S/C13H26N2O3/c1-14-8-4-5-11(9-14)15(2)10-12(16)6-7-13(17)18-3/h11-12,16H,4-10H2,1-3H3. The molecule has 1 N–H and O–H groups in total. The second-order valence-corrected chi connectivity index (χ2v) is 5.27. The highest BCUT2D eigenvalue weighted by molar-refractivity contribution is 5.69. The predicted octanol–water partition coefficient (Wildman–Crippen LogP) is 0.327. The lowest BCUT2D eigenvalue weighted by Crippen LogP contribution is -2.47. The average Bonchev–Trinajstić information content (AvgIpc) is 2.35. The first-order chi connectivity index (χ1) is 8.52. The number of piperidine rings is 1. The monoisotopic (exact) mass is 258 g/mol. The van der Waals surface area contributed by atoms with Crippen LogP contribution in [-0.2, 0) is 9.53 Å². The zero-order valence-electron chi connectivity index (χ0n) is 11.8. The van der Waals surface area contributed by atoms with E-state index in [0.717, 1.165) is 13.1 Å². The van der Waals surface area contributed by atoms with E-state index in [-0.39, 0.29) is 12.4 Å². The molecule has 5 heteroatoms. The Kier molecular flexibility index (Phi) is 6.60.